The van der Waals surface area contributed by atoms with Gasteiger partial charge in [0.1, 0.15) is 12.4 Å². The number of allylic oxidation sites excluding steroid dienone is 1. The lowest BCUT2D eigenvalue weighted by Gasteiger charge is -2.12. The highest BCUT2D eigenvalue weighted by atomic mass is 16.3. The van der Waals surface area contributed by atoms with Crippen molar-refractivity contribution in [2.24, 2.45) is 0 Å². The molecular weight excluding hydrogens is 280 g/mol. The molecule has 2 aromatic carbocycles. The summed E-state index contributed by atoms with van der Waals surface area (Å²) in [5.41, 5.74) is 3.11. The van der Waals surface area contributed by atoms with Gasteiger partial charge in [0, 0.05) is 16.8 Å². The molecule has 0 unspecified atom stereocenters. The molecule has 0 atom stereocenters. The molecule has 0 aromatic heterocycles. The summed E-state index contributed by atoms with van der Waals surface area (Å²) in [5, 5.41) is 12.5. The largest absolute Gasteiger partial charge is 0.376 e. The lowest BCUT2D eigenvalue weighted by Crippen LogP contribution is -2.28. The van der Waals surface area contributed by atoms with Crippen LogP contribution in [0.4, 0.5) is 11.4 Å². The molecule has 0 aliphatic carbocycles. The normalized spacial score (nSPS) is 19.2. The summed E-state index contributed by atoms with van der Waals surface area (Å²) in [5.74, 6) is -0.569. The number of aliphatic hydroxyl groups is 1. The van der Waals surface area contributed by atoms with Crippen LogP contribution < -0.4 is 10.2 Å². The second kappa shape index (κ2) is 4.54. The van der Waals surface area contributed by atoms with Crippen molar-refractivity contribution in [1.29, 1.82) is 0 Å². The van der Waals surface area contributed by atoms with Gasteiger partial charge in [-0.1, -0.05) is 30.3 Å². The fraction of sp³-hybridized carbons (Fsp3) is 0.0588. The topological polar surface area (TPSA) is 69.6 Å². The minimum absolute atomic E-state index is 0.200. The van der Waals surface area contributed by atoms with Crippen molar-refractivity contribution in [3.8, 4) is 0 Å². The third-order valence-electron chi connectivity index (χ3n) is 3.97. The van der Waals surface area contributed by atoms with Crippen molar-refractivity contribution in [1.82, 2.24) is 0 Å². The zero-order chi connectivity index (χ0) is 15.3. The van der Waals surface area contributed by atoms with Crippen molar-refractivity contribution >= 4 is 28.6 Å². The number of aliphatic hydroxyl groups excluding tert-OH is 1. The minimum atomic E-state index is -0.423. The Morgan fingerprint density at radius 3 is 2.36 bits per heavy atom. The zero-order valence-electron chi connectivity index (χ0n) is 11.5. The molecule has 0 saturated carbocycles. The summed E-state index contributed by atoms with van der Waals surface area (Å²) in [7, 11) is 0. The van der Waals surface area contributed by atoms with Gasteiger partial charge in [0.2, 0.25) is 5.78 Å². The van der Waals surface area contributed by atoms with Crippen molar-refractivity contribution in [3.63, 3.8) is 0 Å². The number of carbonyl (C=O) groups is 2. The van der Waals surface area contributed by atoms with E-state index < -0.39 is 6.73 Å². The molecule has 0 spiro atoms. The van der Waals surface area contributed by atoms with Gasteiger partial charge in [-0.15, -0.1) is 0 Å². The molecule has 2 heterocycles. The van der Waals surface area contributed by atoms with Gasteiger partial charge in [-0.3, -0.25) is 14.5 Å². The molecule has 1 amide bonds. The number of carbonyl (C=O) groups excluding carboxylic acids is 2. The Bertz CT molecular complexity index is 854. The number of para-hydroxylation sites is 2. The van der Waals surface area contributed by atoms with Crippen LogP contribution in [0.3, 0.4) is 0 Å². The van der Waals surface area contributed by atoms with Crippen molar-refractivity contribution in [3.05, 3.63) is 65.4 Å². The Hall–Kier alpha value is -2.92. The van der Waals surface area contributed by atoms with Crippen LogP contribution in [0.15, 0.2) is 54.2 Å². The van der Waals surface area contributed by atoms with Gasteiger partial charge in [0.15, 0.2) is 0 Å². The molecule has 108 valence electrons. The van der Waals surface area contributed by atoms with Crippen LogP contribution in [0.25, 0.3) is 5.57 Å². The fourth-order valence-corrected chi connectivity index (χ4v) is 2.95. The van der Waals surface area contributed by atoms with E-state index in [-0.39, 0.29) is 17.4 Å². The summed E-state index contributed by atoms with van der Waals surface area (Å²) in [6.45, 7) is -0.423. The highest BCUT2D eigenvalue weighted by molar-refractivity contribution is 6.39. The van der Waals surface area contributed by atoms with Gasteiger partial charge in [-0.25, -0.2) is 0 Å². The van der Waals surface area contributed by atoms with Crippen LogP contribution in [0.1, 0.15) is 15.9 Å². The monoisotopic (exact) mass is 292 g/mol. The van der Waals surface area contributed by atoms with Gasteiger partial charge in [0.05, 0.1) is 11.3 Å². The zero-order valence-corrected chi connectivity index (χ0v) is 11.5. The minimum Gasteiger partial charge on any atom is -0.376 e. The van der Waals surface area contributed by atoms with Crippen molar-refractivity contribution < 1.29 is 14.7 Å². The van der Waals surface area contributed by atoms with E-state index in [1.807, 2.05) is 6.07 Å². The highest BCUT2D eigenvalue weighted by Crippen LogP contribution is 2.41. The molecule has 2 aliphatic rings. The van der Waals surface area contributed by atoms with Gasteiger partial charge < -0.3 is 10.4 Å². The van der Waals surface area contributed by atoms with Crippen molar-refractivity contribution in [2.75, 3.05) is 16.9 Å². The van der Waals surface area contributed by atoms with Crippen LogP contribution >= 0.6 is 0 Å². The molecule has 5 nitrogen and oxygen atoms in total. The molecular formula is C17H12N2O3. The third kappa shape index (κ3) is 1.57. The maximum atomic E-state index is 12.6. The number of ketones is 1. The molecule has 2 N–H and O–H groups in total. The first-order chi connectivity index (χ1) is 10.7. The Balaban J connectivity index is 1.94. The van der Waals surface area contributed by atoms with Gasteiger partial charge in [-0.05, 0) is 18.2 Å². The lowest BCUT2D eigenvalue weighted by molar-refractivity contribution is -0.113. The van der Waals surface area contributed by atoms with Gasteiger partial charge in [-0.2, -0.15) is 0 Å². The number of rotatable bonds is 1. The second-order valence-corrected chi connectivity index (χ2v) is 5.14. The van der Waals surface area contributed by atoms with Gasteiger partial charge >= 0.3 is 0 Å². The van der Waals surface area contributed by atoms with E-state index >= 15 is 0 Å². The third-order valence-corrected chi connectivity index (χ3v) is 3.97. The first kappa shape index (κ1) is 12.8. The first-order valence-corrected chi connectivity index (χ1v) is 6.89. The quantitative estimate of drug-likeness (QED) is 0.789. The van der Waals surface area contributed by atoms with Gasteiger partial charge in [0.25, 0.3) is 5.91 Å². The van der Waals surface area contributed by atoms with E-state index in [0.29, 0.717) is 28.1 Å². The number of nitrogens with one attached hydrogen (secondary N) is 1. The molecule has 5 heteroatoms. The SMILES string of the molecule is O=C1/C(=C2/C(=O)N(CO)c3ccccc32)Nc2ccccc21. The van der Waals surface area contributed by atoms with E-state index in [2.05, 4.69) is 5.32 Å². The Kier molecular flexibility index (Phi) is 2.64. The second-order valence-electron chi connectivity index (χ2n) is 5.14. The van der Waals surface area contributed by atoms with E-state index in [9.17, 15) is 14.7 Å². The number of benzene rings is 2. The summed E-state index contributed by atoms with van der Waals surface area (Å²) in [6, 6.07) is 14.3. The Morgan fingerprint density at radius 1 is 0.955 bits per heavy atom. The summed E-state index contributed by atoms with van der Waals surface area (Å²) in [4.78, 5) is 26.4. The number of hydrogen-bond acceptors (Lipinski definition) is 4. The first-order valence-electron chi connectivity index (χ1n) is 6.89. The number of fused-ring (bicyclic) bond motifs is 2. The van der Waals surface area contributed by atoms with Crippen LogP contribution in [0, 0.1) is 0 Å². The fourth-order valence-electron chi connectivity index (χ4n) is 2.95. The maximum Gasteiger partial charge on any atom is 0.263 e. The van der Waals surface area contributed by atoms with E-state index in [1.54, 1.807) is 42.5 Å². The molecule has 22 heavy (non-hydrogen) atoms. The molecule has 4 rings (SSSR count). The predicted octanol–water partition coefficient (Wildman–Crippen LogP) is 2.00. The van der Waals surface area contributed by atoms with Crippen LogP contribution in [0.2, 0.25) is 0 Å². The number of hydrogen-bond donors (Lipinski definition) is 2. The van der Waals surface area contributed by atoms with Crippen LogP contribution in [0.5, 0.6) is 0 Å². The maximum absolute atomic E-state index is 12.6. The van der Waals surface area contributed by atoms with Crippen molar-refractivity contribution in [2.45, 2.75) is 0 Å². The molecule has 0 fully saturated rings. The number of anilines is 2. The number of nitrogens with zero attached hydrogens (tertiary/aromatic N) is 1. The van der Waals surface area contributed by atoms with Crippen LogP contribution in [-0.2, 0) is 4.79 Å². The smallest absolute Gasteiger partial charge is 0.263 e. The number of Topliss-reactive ketones (excluding diaryl/α,β-unsaturated/α-hetero) is 1. The Morgan fingerprint density at radius 2 is 1.64 bits per heavy atom. The molecule has 0 bridgehead atoms. The summed E-state index contributed by atoms with van der Waals surface area (Å²) in [6.07, 6.45) is 0. The lowest BCUT2D eigenvalue weighted by atomic mass is 10.0. The number of amides is 1. The molecule has 0 radical (unpaired) electrons. The Labute approximate surface area is 126 Å². The molecule has 0 saturated heterocycles. The summed E-state index contributed by atoms with van der Waals surface area (Å²) >= 11 is 0. The summed E-state index contributed by atoms with van der Waals surface area (Å²) < 4.78 is 0. The van der Waals surface area contributed by atoms with E-state index in [0.717, 1.165) is 0 Å². The predicted molar refractivity (Wildman–Crippen MR) is 82.3 cm³/mol. The molecule has 2 aliphatic heterocycles. The standard InChI is InChI=1S/C17H12N2O3/c20-9-19-13-8-4-2-6-11(13)14(17(19)22)15-16(21)10-5-1-3-7-12(10)18-15/h1-8,18,20H,9H2/b15-14-. The molecule has 2 aromatic rings. The van der Waals surface area contributed by atoms with E-state index in [4.69, 9.17) is 0 Å². The van der Waals surface area contributed by atoms with Crippen LogP contribution in [-0.4, -0.2) is 23.5 Å². The average Bonchev–Trinajstić information content (AvgIpc) is 3.01. The highest BCUT2D eigenvalue weighted by Gasteiger charge is 2.38. The van der Waals surface area contributed by atoms with E-state index in [1.165, 1.54) is 4.90 Å². The average molecular weight is 292 g/mol.